The van der Waals surface area contributed by atoms with Crippen LogP contribution in [0.1, 0.15) is 32.1 Å². The number of aliphatic hydroxyl groups excluding tert-OH is 1. The van der Waals surface area contributed by atoms with Crippen LogP contribution in [0, 0.1) is 5.92 Å². The van der Waals surface area contributed by atoms with E-state index in [9.17, 15) is 18.7 Å². The molecule has 1 saturated carbocycles. The Morgan fingerprint density at radius 3 is 2.53 bits per heavy atom. The Bertz CT molecular complexity index is 221. The molecule has 5 heteroatoms. The molecule has 1 fully saturated rings. The van der Waals surface area contributed by atoms with Crippen molar-refractivity contribution in [1.29, 1.82) is 0 Å². The van der Waals surface area contributed by atoms with Gasteiger partial charge in [0, 0.05) is 12.8 Å². The molecule has 1 rings (SSSR count). The second-order valence-corrected chi connectivity index (χ2v) is 4.07. The van der Waals surface area contributed by atoms with Crippen molar-refractivity contribution >= 4 is 5.97 Å². The van der Waals surface area contributed by atoms with Gasteiger partial charge in [-0.05, 0) is 25.2 Å². The minimum Gasteiger partial charge on any atom is -0.467 e. The third-order valence-corrected chi connectivity index (χ3v) is 2.87. The summed E-state index contributed by atoms with van der Waals surface area (Å²) in [5, 5.41) is 9.34. The van der Waals surface area contributed by atoms with Crippen LogP contribution in [-0.2, 0) is 9.53 Å². The van der Waals surface area contributed by atoms with Gasteiger partial charge in [0.2, 0.25) is 5.92 Å². The quantitative estimate of drug-likeness (QED) is 0.740. The fourth-order valence-corrected chi connectivity index (χ4v) is 1.88. The zero-order valence-corrected chi connectivity index (χ0v) is 8.71. The number of hydrogen-bond donors (Lipinski definition) is 1. The van der Waals surface area contributed by atoms with Crippen molar-refractivity contribution in [3.63, 3.8) is 0 Å². The number of aliphatic hydroxyl groups is 1. The molecular weight excluding hydrogens is 206 g/mol. The maximum Gasteiger partial charge on any atom is 0.334 e. The molecule has 3 nitrogen and oxygen atoms in total. The largest absolute Gasteiger partial charge is 0.467 e. The van der Waals surface area contributed by atoms with Gasteiger partial charge in [-0.3, -0.25) is 0 Å². The zero-order valence-electron chi connectivity index (χ0n) is 8.71. The Hall–Kier alpha value is -0.710. The smallest absolute Gasteiger partial charge is 0.334 e. The van der Waals surface area contributed by atoms with Crippen LogP contribution < -0.4 is 0 Å². The van der Waals surface area contributed by atoms with Crippen LogP contribution in [-0.4, -0.2) is 30.2 Å². The maximum atomic E-state index is 12.8. The van der Waals surface area contributed by atoms with Gasteiger partial charge in [-0.25, -0.2) is 13.6 Å². The Morgan fingerprint density at radius 2 is 2.07 bits per heavy atom. The molecule has 0 radical (unpaired) electrons. The number of esters is 1. The Morgan fingerprint density at radius 1 is 1.53 bits per heavy atom. The Labute approximate surface area is 87.4 Å². The summed E-state index contributed by atoms with van der Waals surface area (Å²) >= 11 is 0. The molecule has 0 heterocycles. The normalized spacial score (nSPS) is 23.5. The van der Waals surface area contributed by atoms with E-state index >= 15 is 0 Å². The molecule has 0 spiro atoms. The van der Waals surface area contributed by atoms with Gasteiger partial charge in [0.25, 0.3) is 0 Å². The first-order chi connectivity index (χ1) is 6.94. The summed E-state index contributed by atoms with van der Waals surface area (Å²) in [7, 11) is 1.20. The van der Waals surface area contributed by atoms with Crippen molar-refractivity contribution in [2.24, 2.45) is 5.92 Å². The van der Waals surface area contributed by atoms with Crippen LogP contribution in [0.4, 0.5) is 8.78 Å². The lowest BCUT2D eigenvalue weighted by molar-refractivity contribution is -0.151. The van der Waals surface area contributed by atoms with E-state index in [1.807, 2.05) is 0 Å². The first-order valence-electron chi connectivity index (χ1n) is 5.08. The highest BCUT2D eigenvalue weighted by molar-refractivity contribution is 5.74. The standard InChI is InChI=1S/C10H16F2O3/c1-15-9(14)8(13)6-7-2-4-10(11,12)5-3-7/h7-8,13H,2-6H2,1H3. The molecule has 0 amide bonds. The van der Waals surface area contributed by atoms with Crippen molar-refractivity contribution in [2.75, 3.05) is 7.11 Å². The summed E-state index contributed by atoms with van der Waals surface area (Å²) in [6.45, 7) is 0. The van der Waals surface area contributed by atoms with Gasteiger partial charge in [-0.15, -0.1) is 0 Å². The third kappa shape index (κ3) is 3.74. The highest BCUT2D eigenvalue weighted by Gasteiger charge is 2.36. The molecule has 0 bridgehead atoms. The lowest BCUT2D eigenvalue weighted by Crippen LogP contribution is -2.30. The SMILES string of the molecule is COC(=O)C(O)CC1CCC(F)(F)CC1. The molecule has 0 aromatic carbocycles. The summed E-state index contributed by atoms with van der Waals surface area (Å²) in [4.78, 5) is 10.9. The molecular formula is C10H16F2O3. The first kappa shape index (κ1) is 12.4. The molecule has 1 atom stereocenters. The number of ether oxygens (including phenoxy) is 1. The second kappa shape index (κ2) is 4.88. The maximum absolute atomic E-state index is 12.8. The van der Waals surface area contributed by atoms with Gasteiger partial charge >= 0.3 is 5.97 Å². The van der Waals surface area contributed by atoms with E-state index < -0.39 is 18.0 Å². The van der Waals surface area contributed by atoms with Gasteiger partial charge in [0.1, 0.15) is 0 Å². The summed E-state index contributed by atoms with van der Waals surface area (Å²) in [6.07, 6.45) is -0.520. The summed E-state index contributed by atoms with van der Waals surface area (Å²) in [5.74, 6) is -3.25. The molecule has 1 aliphatic rings. The highest BCUT2D eigenvalue weighted by atomic mass is 19.3. The number of halogens is 2. The predicted octanol–water partition coefficient (Wildman–Crippen LogP) is 1.74. The topological polar surface area (TPSA) is 46.5 Å². The van der Waals surface area contributed by atoms with Gasteiger partial charge in [-0.2, -0.15) is 0 Å². The molecule has 0 aliphatic heterocycles. The van der Waals surface area contributed by atoms with Gasteiger partial charge in [-0.1, -0.05) is 0 Å². The Balaban J connectivity index is 2.32. The van der Waals surface area contributed by atoms with Crippen LogP contribution >= 0.6 is 0 Å². The van der Waals surface area contributed by atoms with E-state index in [1.54, 1.807) is 0 Å². The van der Waals surface area contributed by atoms with E-state index in [1.165, 1.54) is 7.11 Å². The number of rotatable bonds is 3. The van der Waals surface area contributed by atoms with Crippen molar-refractivity contribution in [1.82, 2.24) is 0 Å². The number of methoxy groups -OCH3 is 1. The van der Waals surface area contributed by atoms with E-state index in [4.69, 9.17) is 0 Å². The van der Waals surface area contributed by atoms with Crippen molar-refractivity contribution in [3.8, 4) is 0 Å². The zero-order chi connectivity index (χ0) is 11.5. The average Bonchev–Trinajstić information content (AvgIpc) is 2.20. The van der Waals surface area contributed by atoms with E-state index in [0.29, 0.717) is 12.8 Å². The monoisotopic (exact) mass is 222 g/mol. The fraction of sp³-hybridized carbons (Fsp3) is 0.900. The number of hydrogen-bond acceptors (Lipinski definition) is 3. The van der Waals surface area contributed by atoms with Crippen molar-refractivity contribution in [3.05, 3.63) is 0 Å². The number of carbonyl (C=O) groups excluding carboxylic acids is 1. The van der Waals surface area contributed by atoms with Crippen LogP contribution in [0.2, 0.25) is 0 Å². The van der Waals surface area contributed by atoms with Crippen molar-refractivity contribution < 1.29 is 23.4 Å². The second-order valence-electron chi connectivity index (χ2n) is 4.07. The number of carbonyl (C=O) groups is 1. The molecule has 88 valence electrons. The molecule has 1 N–H and O–H groups in total. The minimum absolute atomic E-state index is 0.00118. The molecule has 0 saturated heterocycles. The van der Waals surface area contributed by atoms with Crippen LogP contribution in [0.5, 0.6) is 0 Å². The first-order valence-corrected chi connectivity index (χ1v) is 5.08. The average molecular weight is 222 g/mol. The molecule has 1 unspecified atom stereocenters. The van der Waals surface area contributed by atoms with Crippen LogP contribution in [0.15, 0.2) is 0 Å². The minimum atomic E-state index is -2.56. The fourth-order valence-electron chi connectivity index (χ4n) is 1.88. The highest BCUT2D eigenvalue weighted by Crippen LogP contribution is 2.37. The predicted molar refractivity (Wildman–Crippen MR) is 49.5 cm³/mol. The van der Waals surface area contributed by atoms with E-state index in [0.717, 1.165) is 0 Å². The molecule has 1 aliphatic carbocycles. The van der Waals surface area contributed by atoms with E-state index in [-0.39, 0.29) is 25.2 Å². The summed E-state index contributed by atoms with van der Waals surface area (Å²) < 4.78 is 29.9. The third-order valence-electron chi connectivity index (χ3n) is 2.87. The van der Waals surface area contributed by atoms with Crippen molar-refractivity contribution in [2.45, 2.75) is 44.1 Å². The van der Waals surface area contributed by atoms with Gasteiger partial charge in [0.05, 0.1) is 7.11 Å². The van der Waals surface area contributed by atoms with Crippen LogP contribution in [0.3, 0.4) is 0 Å². The van der Waals surface area contributed by atoms with E-state index in [2.05, 4.69) is 4.74 Å². The number of alkyl halides is 2. The summed E-state index contributed by atoms with van der Waals surface area (Å²) in [5.41, 5.74) is 0. The molecule has 0 aromatic rings. The van der Waals surface area contributed by atoms with Gasteiger partial charge in [0.15, 0.2) is 6.10 Å². The Kier molecular flexibility index (Phi) is 4.02. The van der Waals surface area contributed by atoms with Gasteiger partial charge < -0.3 is 9.84 Å². The lowest BCUT2D eigenvalue weighted by Gasteiger charge is -2.28. The lowest BCUT2D eigenvalue weighted by atomic mass is 9.83. The molecule has 0 aromatic heterocycles. The molecule has 15 heavy (non-hydrogen) atoms. The summed E-state index contributed by atoms with van der Waals surface area (Å²) in [6, 6.07) is 0. The van der Waals surface area contributed by atoms with Crippen LogP contribution in [0.25, 0.3) is 0 Å².